The molecule has 0 bridgehead atoms. The third-order valence-electron chi connectivity index (χ3n) is 4.24. The summed E-state index contributed by atoms with van der Waals surface area (Å²) in [6.45, 7) is 9.28. The Morgan fingerprint density at radius 3 is 2.52 bits per heavy atom. The second-order valence-corrected chi connectivity index (χ2v) is 6.68. The molecule has 1 saturated heterocycles. The van der Waals surface area contributed by atoms with Gasteiger partial charge in [-0.05, 0) is 46.6 Å². The number of β-amino-alcohol motifs (C(OH)–C–C–N with tert-alkyl or cyclic N) is 1. The van der Waals surface area contributed by atoms with Gasteiger partial charge in [0, 0.05) is 24.0 Å². The predicted octanol–water partition coefficient (Wildman–Crippen LogP) is 1.75. The van der Waals surface area contributed by atoms with Crippen molar-refractivity contribution in [2.24, 2.45) is 0 Å². The first kappa shape index (κ1) is 15.9. The monoisotopic (exact) mass is 316 g/mol. The van der Waals surface area contributed by atoms with E-state index in [1.54, 1.807) is 4.68 Å². The highest BCUT2D eigenvalue weighted by Crippen LogP contribution is 2.32. The van der Waals surface area contributed by atoms with Crippen molar-refractivity contribution in [2.45, 2.75) is 52.2 Å². The van der Waals surface area contributed by atoms with Gasteiger partial charge in [-0.3, -0.25) is 0 Å². The van der Waals surface area contributed by atoms with E-state index in [2.05, 4.69) is 20.3 Å². The molecule has 3 rings (SSSR count). The number of aryl methyl sites for hydroxylation is 2. The molecule has 2 aromatic rings. The molecule has 7 heteroatoms. The standard InChI is InChI=1S/C16H24N6O/c1-11(2)22-9-14(19-20-22)16(23)6-5-7-21(10-16)15-17-12(3)8-13(4)18-15/h8-9,11,23H,5-7,10H2,1-4H3/t16-/m0/s1. The maximum Gasteiger partial charge on any atom is 0.225 e. The topological polar surface area (TPSA) is 80.0 Å². The van der Waals surface area contributed by atoms with Crippen LogP contribution in [0.4, 0.5) is 5.95 Å². The van der Waals surface area contributed by atoms with Crippen molar-refractivity contribution in [3.63, 3.8) is 0 Å². The number of hydrogen-bond donors (Lipinski definition) is 1. The van der Waals surface area contributed by atoms with Gasteiger partial charge < -0.3 is 10.0 Å². The highest BCUT2D eigenvalue weighted by molar-refractivity contribution is 5.35. The second kappa shape index (κ2) is 5.88. The molecule has 1 atom stereocenters. The molecule has 0 radical (unpaired) electrons. The van der Waals surface area contributed by atoms with Gasteiger partial charge in [-0.15, -0.1) is 5.10 Å². The van der Waals surface area contributed by atoms with Crippen LogP contribution in [0.1, 0.15) is 49.8 Å². The van der Waals surface area contributed by atoms with Crippen molar-refractivity contribution < 1.29 is 5.11 Å². The van der Waals surface area contributed by atoms with Crippen LogP contribution in [-0.2, 0) is 5.60 Å². The van der Waals surface area contributed by atoms with Gasteiger partial charge in [-0.25, -0.2) is 14.6 Å². The van der Waals surface area contributed by atoms with Crippen LogP contribution in [0.2, 0.25) is 0 Å². The molecule has 1 fully saturated rings. The van der Waals surface area contributed by atoms with Gasteiger partial charge in [0.25, 0.3) is 0 Å². The summed E-state index contributed by atoms with van der Waals surface area (Å²) in [7, 11) is 0. The molecule has 23 heavy (non-hydrogen) atoms. The van der Waals surface area contributed by atoms with Gasteiger partial charge in [0.15, 0.2) is 0 Å². The summed E-state index contributed by atoms with van der Waals surface area (Å²) in [5.74, 6) is 0.678. The van der Waals surface area contributed by atoms with Crippen molar-refractivity contribution in [3.05, 3.63) is 29.3 Å². The van der Waals surface area contributed by atoms with Crippen LogP contribution in [0.25, 0.3) is 0 Å². The van der Waals surface area contributed by atoms with Crippen molar-refractivity contribution in [1.29, 1.82) is 0 Å². The Bertz CT molecular complexity index is 677. The fourth-order valence-electron chi connectivity index (χ4n) is 3.01. The molecule has 3 heterocycles. The van der Waals surface area contributed by atoms with Gasteiger partial charge in [0.05, 0.1) is 12.7 Å². The molecular formula is C16H24N6O. The van der Waals surface area contributed by atoms with Gasteiger partial charge in [0.1, 0.15) is 11.3 Å². The van der Waals surface area contributed by atoms with Gasteiger partial charge >= 0.3 is 0 Å². The number of rotatable bonds is 3. The third kappa shape index (κ3) is 3.19. The van der Waals surface area contributed by atoms with Gasteiger partial charge in [0.2, 0.25) is 5.95 Å². The van der Waals surface area contributed by atoms with E-state index in [1.807, 2.05) is 44.9 Å². The zero-order valence-corrected chi connectivity index (χ0v) is 14.2. The van der Waals surface area contributed by atoms with Crippen LogP contribution >= 0.6 is 0 Å². The van der Waals surface area contributed by atoms with E-state index in [9.17, 15) is 5.11 Å². The number of anilines is 1. The number of aromatic nitrogens is 5. The van der Waals surface area contributed by atoms with Crippen LogP contribution < -0.4 is 4.90 Å². The lowest BCUT2D eigenvalue weighted by Crippen LogP contribution is -2.47. The van der Waals surface area contributed by atoms with Crippen LogP contribution in [0, 0.1) is 13.8 Å². The number of piperidine rings is 1. The molecule has 7 nitrogen and oxygen atoms in total. The summed E-state index contributed by atoms with van der Waals surface area (Å²) < 4.78 is 1.78. The SMILES string of the molecule is Cc1cc(C)nc(N2CCC[C@@](O)(c3cn(C(C)C)nn3)C2)n1. The second-order valence-electron chi connectivity index (χ2n) is 6.68. The normalized spacial score (nSPS) is 21.9. The molecule has 0 saturated carbocycles. The molecule has 0 aromatic carbocycles. The van der Waals surface area contributed by atoms with E-state index in [0.717, 1.165) is 24.4 Å². The Kier molecular flexibility index (Phi) is 4.06. The fourth-order valence-corrected chi connectivity index (χ4v) is 3.01. The lowest BCUT2D eigenvalue weighted by atomic mass is 9.90. The first-order chi connectivity index (χ1) is 10.9. The summed E-state index contributed by atoms with van der Waals surface area (Å²) in [6.07, 6.45) is 3.38. The lowest BCUT2D eigenvalue weighted by molar-refractivity contribution is 0.0172. The number of hydrogen-bond acceptors (Lipinski definition) is 6. The van der Waals surface area contributed by atoms with E-state index >= 15 is 0 Å². The average Bonchev–Trinajstić information content (AvgIpc) is 2.97. The predicted molar refractivity (Wildman–Crippen MR) is 87.3 cm³/mol. The number of nitrogens with zero attached hydrogens (tertiary/aromatic N) is 6. The molecule has 1 aliphatic heterocycles. The van der Waals surface area contributed by atoms with E-state index < -0.39 is 5.60 Å². The van der Waals surface area contributed by atoms with Crippen molar-refractivity contribution in [2.75, 3.05) is 18.0 Å². The van der Waals surface area contributed by atoms with Gasteiger partial charge in [-0.1, -0.05) is 5.21 Å². The smallest absolute Gasteiger partial charge is 0.225 e. The van der Waals surface area contributed by atoms with E-state index in [4.69, 9.17) is 0 Å². The molecule has 0 spiro atoms. The summed E-state index contributed by atoms with van der Waals surface area (Å²) in [6, 6.07) is 2.18. The largest absolute Gasteiger partial charge is 0.382 e. The maximum absolute atomic E-state index is 11.1. The highest BCUT2D eigenvalue weighted by Gasteiger charge is 2.38. The molecule has 0 unspecified atom stereocenters. The Morgan fingerprint density at radius 1 is 1.22 bits per heavy atom. The summed E-state index contributed by atoms with van der Waals surface area (Å²) in [5, 5.41) is 19.4. The Labute approximate surface area is 136 Å². The van der Waals surface area contributed by atoms with E-state index in [1.165, 1.54) is 0 Å². The molecule has 1 aliphatic rings. The van der Waals surface area contributed by atoms with Crippen LogP contribution in [0.15, 0.2) is 12.3 Å². The first-order valence-electron chi connectivity index (χ1n) is 8.09. The Balaban J connectivity index is 1.86. The summed E-state index contributed by atoms with van der Waals surface area (Å²) in [4.78, 5) is 11.1. The Hall–Kier alpha value is -2.02. The van der Waals surface area contributed by atoms with Crippen molar-refractivity contribution in [1.82, 2.24) is 25.0 Å². The molecule has 1 N–H and O–H groups in total. The van der Waals surface area contributed by atoms with E-state index in [0.29, 0.717) is 24.6 Å². The minimum absolute atomic E-state index is 0.224. The quantitative estimate of drug-likeness (QED) is 0.929. The molecule has 124 valence electrons. The first-order valence-corrected chi connectivity index (χ1v) is 8.09. The van der Waals surface area contributed by atoms with E-state index in [-0.39, 0.29) is 6.04 Å². The lowest BCUT2D eigenvalue weighted by Gasteiger charge is -2.38. The molecular weight excluding hydrogens is 292 g/mol. The van der Waals surface area contributed by atoms with Crippen LogP contribution in [-0.4, -0.2) is 43.2 Å². The number of aliphatic hydroxyl groups is 1. The summed E-state index contributed by atoms with van der Waals surface area (Å²) >= 11 is 0. The van der Waals surface area contributed by atoms with Crippen LogP contribution in [0.3, 0.4) is 0 Å². The Morgan fingerprint density at radius 2 is 1.91 bits per heavy atom. The zero-order valence-electron chi connectivity index (χ0n) is 14.2. The van der Waals surface area contributed by atoms with Crippen molar-refractivity contribution in [3.8, 4) is 0 Å². The molecule has 0 amide bonds. The van der Waals surface area contributed by atoms with Crippen LogP contribution in [0.5, 0.6) is 0 Å². The maximum atomic E-state index is 11.1. The highest BCUT2D eigenvalue weighted by atomic mass is 16.3. The minimum Gasteiger partial charge on any atom is -0.382 e. The average molecular weight is 316 g/mol. The zero-order chi connectivity index (χ0) is 16.6. The summed E-state index contributed by atoms with van der Waals surface area (Å²) in [5.41, 5.74) is 1.49. The minimum atomic E-state index is -1.01. The third-order valence-corrected chi connectivity index (χ3v) is 4.24. The van der Waals surface area contributed by atoms with Gasteiger partial charge in [-0.2, -0.15) is 0 Å². The molecule has 2 aromatic heterocycles. The fraction of sp³-hybridized carbons (Fsp3) is 0.625. The molecule has 0 aliphatic carbocycles. The van der Waals surface area contributed by atoms with Crippen molar-refractivity contribution >= 4 is 5.95 Å².